The zero-order valence-corrected chi connectivity index (χ0v) is 7.47. The van der Waals surface area contributed by atoms with Gasteiger partial charge in [-0.2, -0.15) is 5.10 Å². The number of hydrogen-bond acceptors (Lipinski definition) is 4. The van der Waals surface area contributed by atoms with Crippen molar-refractivity contribution in [3.63, 3.8) is 0 Å². The van der Waals surface area contributed by atoms with Crippen LogP contribution in [0.5, 0.6) is 0 Å². The number of Topliss-reactive ketones (excluding diaryl/α,β-unsaturated/α-hetero) is 1. The normalized spacial score (nSPS) is 16.1. The van der Waals surface area contributed by atoms with Crippen molar-refractivity contribution >= 4 is 17.4 Å². The third-order valence-corrected chi connectivity index (χ3v) is 1.91. The Morgan fingerprint density at radius 3 is 2.36 bits per heavy atom. The van der Waals surface area contributed by atoms with E-state index in [0.29, 0.717) is 5.56 Å². The van der Waals surface area contributed by atoms with Crippen LogP contribution in [0.2, 0.25) is 0 Å². The molecule has 14 heavy (non-hydrogen) atoms. The van der Waals surface area contributed by atoms with Crippen LogP contribution in [0.15, 0.2) is 29.6 Å². The van der Waals surface area contributed by atoms with Crippen LogP contribution < -0.4 is 0 Å². The molecule has 70 valence electrons. The van der Waals surface area contributed by atoms with Gasteiger partial charge in [0.1, 0.15) is 5.71 Å². The standard InChI is InChI=1S/C9H7N3O2/c1-12-9(14)8(13)7(11-12)6-2-4-10-5-3-6/h2-5H,1H3. The average Bonchev–Trinajstić information content (AvgIpc) is 2.47. The summed E-state index contributed by atoms with van der Waals surface area (Å²) in [4.78, 5) is 26.3. The topological polar surface area (TPSA) is 62.6 Å². The van der Waals surface area contributed by atoms with Gasteiger partial charge in [-0.1, -0.05) is 0 Å². The molecule has 1 aliphatic heterocycles. The van der Waals surface area contributed by atoms with Crippen LogP contribution >= 0.6 is 0 Å². The molecule has 1 aliphatic rings. The van der Waals surface area contributed by atoms with Gasteiger partial charge in [-0.25, -0.2) is 5.01 Å². The number of aromatic nitrogens is 1. The van der Waals surface area contributed by atoms with Crippen LogP contribution in [0.4, 0.5) is 0 Å². The van der Waals surface area contributed by atoms with Gasteiger partial charge in [0.15, 0.2) is 0 Å². The number of carbonyl (C=O) groups is 2. The predicted octanol–water partition coefficient (Wildman–Crippen LogP) is -0.173. The molecule has 0 aromatic carbocycles. The molecule has 0 atom stereocenters. The quantitative estimate of drug-likeness (QED) is 0.576. The number of carbonyl (C=O) groups excluding carboxylic acids is 2. The van der Waals surface area contributed by atoms with Crippen molar-refractivity contribution in [1.29, 1.82) is 0 Å². The molecule has 0 saturated carbocycles. The van der Waals surface area contributed by atoms with Gasteiger partial charge in [-0.05, 0) is 12.1 Å². The van der Waals surface area contributed by atoms with E-state index in [9.17, 15) is 9.59 Å². The monoisotopic (exact) mass is 189 g/mol. The zero-order valence-electron chi connectivity index (χ0n) is 7.47. The van der Waals surface area contributed by atoms with Gasteiger partial charge in [0.25, 0.3) is 5.78 Å². The van der Waals surface area contributed by atoms with Crippen molar-refractivity contribution in [2.24, 2.45) is 5.10 Å². The minimum atomic E-state index is -0.600. The Bertz CT molecular complexity index is 425. The molecule has 0 bridgehead atoms. The maximum absolute atomic E-state index is 11.4. The molecule has 1 amide bonds. The lowest BCUT2D eigenvalue weighted by Crippen LogP contribution is -2.24. The number of ketones is 1. The summed E-state index contributed by atoms with van der Waals surface area (Å²) in [6.45, 7) is 0. The van der Waals surface area contributed by atoms with Gasteiger partial charge in [0.05, 0.1) is 0 Å². The predicted molar refractivity (Wildman–Crippen MR) is 48.6 cm³/mol. The molecular weight excluding hydrogens is 182 g/mol. The van der Waals surface area contributed by atoms with Crippen molar-refractivity contribution in [3.05, 3.63) is 30.1 Å². The SMILES string of the molecule is CN1N=C(c2ccncc2)C(=O)C1=O. The second kappa shape index (κ2) is 3.02. The lowest BCUT2D eigenvalue weighted by Gasteiger charge is -1.97. The summed E-state index contributed by atoms with van der Waals surface area (Å²) in [5, 5.41) is 4.88. The van der Waals surface area contributed by atoms with E-state index < -0.39 is 11.7 Å². The average molecular weight is 189 g/mol. The molecule has 0 fully saturated rings. The second-order valence-electron chi connectivity index (χ2n) is 2.84. The van der Waals surface area contributed by atoms with Crippen molar-refractivity contribution in [2.75, 3.05) is 7.05 Å². The number of amides is 1. The van der Waals surface area contributed by atoms with E-state index in [1.165, 1.54) is 7.05 Å². The molecule has 0 aliphatic carbocycles. The molecule has 1 aromatic heterocycles. The number of likely N-dealkylation sites (N-methyl/N-ethyl adjacent to an activating group) is 1. The molecule has 2 rings (SSSR count). The van der Waals surface area contributed by atoms with E-state index in [1.54, 1.807) is 24.5 Å². The van der Waals surface area contributed by atoms with Crippen molar-refractivity contribution in [3.8, 4) is 0 Å². The molecule has 0 spiro atoms. The van der Waals surface area contributed by atoms with E-state index in [2.05, 4.69) is 10.1 Å². The maximum atomic E-state index is 11.4. The lowest BCUT2D eigenvalue weighted by atomic mass is 10.1. The molecular formula is C9H7N3O2. The lowest BCUT2D eigenvalue weighted by molar-refractivity contribution is -0.138. The third kappa shape index (κ3) is 1.19. The highest BCUT2D eigenvalue weighted by atomic mass is 16.2. The summed E-state index contributed by atoms with van der Waals surface area (Å²) in [5.41, 5.74) is 0.794. The fraction of sp³-hybridized carbons (Fsp3) is 0.111. The first-order chi connectivity index (χ1) is 6.70. The minimum Gasteiger partial charge on any atom is -0.281 e. The van der Waals surface area contributed by atoms with Crippen LogP contribution in [-0.2, 0) is 9.59 Å². The Morgan fingerprint density at radius 2 is 1.86 bits per heavy atom. The molecule has 5 nitrogen and oxygen atoms in total. The van der Waals surface area contributed by atoms with Gasteiger partial charge in [0.2, 0.25) is 0 Å². The van der Waals surface area contributed by atoms with Gasteiger partial charge in [0, 0.05) is 25.0 Å². The van der Waals surface area contributed by atoms with Crippen LogP contribution in [0.25, 0.3) is 0 Å². The van der Waals surface area contributed by atoms with Crippen molar-refractivity contribution < 1.29 is 9.59 Å². The number of rotatable bonds is 1. The fourth-order valence-corrected chi connectivity index (χ4v) is 1.19. The van der Waals surface area contributed by atoms with Crippen LogP contribution in [-0.4, -0.2) is 34.4 Å². The van der Waals surface area contributed by atoms with E-state index in [4.69, 9.17) is 0 Å². The van der Waals surface area contributed by atoms with Crippen LogP contribution in [0.3, 0.4) is 0 Å². The molecule has 2 heterocycles. The summed E-state index contributed by atoms with van der Waals surface area (Å²) in [6.07, 6.45) is 3.10. The van der Waals surface area contributed by atoms with Gasteiger partial charge in [-0.15, -0.1) is 0 Å². The number of nitrogens with zero attached hydrogens (tertiary/aromatic N) is 3. The molecule has 1 aromatic rings. The Kier molecular flexibility index (Phi) is 1.85. The molecule has 5 heteroatoms. The zero-order chi connectivity index (χ0) is 10.1. The number of hydrazone groups is 1. The first-order valence-corrected chi connectivity index (χ1v) is 4.01. The Morgan fingerprint density at radius 1 is 1.21 bits per heavy atom. The van der Waals surface area contributed by atoms with Gasteiger partial charge < -0.3 is 0 Å². The van der Waals surface area contributed by atoms with Crippen molar-refractivity contribution in [1.82, 2.24) is 9.99 Å². The first-order valence-electron chi connectivity index (χ1n) is 4.01. The number of pyridine rings is 1. The Labute approximate surface area is 80.1 Å². The summed E-state index contributed by atoms with van der Waals surface area (Å²) >= 11 is 0. The smallest absolute Gasteiger partial charge is 0.281 e. The van der Waals surface area contributed by atoms with E-state index in [1.807, 2.05) is 0 Å². The maximum Gasteiger partial charge on any atom is 0.316 e. The number of hydrogen-bond donors (Lipinski definition) is 0. The molecule has 0 radical (unpaired) electrons. The van der Waals surface area contributed by atoms with E-state index in [0.717, 1.165) is 5.01 Å². The summed E-state index contributed by atoms with van der Waals surface area (Å²) in [6, 6.07) is 3.28. The highest BCUT2D eigenvalue weighted by Crippen LogP contribution is 2.09. The minimum absolute atomic E-state index is 0.180. The summed E-state index contributed by atoms with van der Waals surface area (Å²) < 4.78 is 0. The highest BCUT2D eigenvalue weighted by molar-refractivity contribution is 6.69. The summed E-state index contributed by atoms with van der Waals surface area (Å²) in [7, 11) is 1.45. The molecule has 0 N–H and O–H groups in total. The van der Waals surface area contributed by atoms with Crippen molar-refractivity contribution in [2.45, 2.75) is 0 Å². The Hall–Kier alpha value is -2.04. The molecule has 0 unspecified atom stereocenters. The van der Waals surface area contributed by atoms with E-state index in [-0.39, 0.29) is 5.71 Å². The largest absolute Gasteiger partial charge is 0.316 e. The summed E-state index contributed by atoms with van der Waals surface area (Å²) in [5.74, 6) is -1.17. The van der Waals surface area contributed by atoms with Crippen LogP contribution in [0, 0.1) is 0 Å². The van der Waals surface area contributed by atoms with E-state index >= 15 is 0 Å². The van der Waals surface area contributed by atoms with Gasteiger partial charge in [-0.3, -0.25) is 14.6 Å². The van der Waals surface area contributed by atoms with Gasteiger partial charge >= 0.3 is 5.91 Å². The first kappa shape index (κ1) is 8.55. The van der Waals surface area contributed by atoms with Crippen LogP contribution in [0.1, 0.15) is 5.56 Å². The third-order valence-electron chi connectivity index (χ3n) is 1.91. The highest BCUT2D eigenvalue weighted by Gasteiger charge is 2.32. The second-order valence-corrected chi connectivity index (χ2v) is 2.84. The Balaban J connectivity index is 2.43. The fourth-order valence-electron chi connectivity index (χ4n) is 1.19. The molecule has 0 saturated heterocycles.